The first kappa shape index (κ1) is 11.9. The molecule has 0 unspecified atom stereocenters. The Bertz CT molecular complexity index is 404. The number of ether oxygens (including phenoxy) is 1. The van der Waals surface area contributed by atoms with Crippen LogP contribution in [0.5, 0.6) is 5.75 Å². The topological polar surface area (TPSA) is 50.4 Å². The summed E-state index contributed by atoms with van der Waals surface area (Å²) in [6, 6.07) is 6.08. The molecule has 0 fully saturated rings. The van der Waals surface area contributed by atoms with Crippen molar-refractivity contribution < 1.29 is 9.53 Å². The number of amides is 1. The molecule has 4 heteroatoms. The second-order valence-electron chi connectivity index (χ2n) is 4.10. The maximum absolute atomic E-state index is 11.4. The summed E-state index contributed by atoms with van der Waals surface area (Å²) in [4.78, 5) is 11.4. The van der Waals surface area contributed by atoms with Gasteiger partial charge in [-0.05, 0) is 23.7 Å². The summed E-state index contributed by atoms with van der Waals surface area (Å²) in [6.07, 6.45) is 0.967. The highest BCUT2D eigenvalue weighted by Crippen LogP contribution is 2.25. The minimum Gasteiger partial charge on any atom is -0.493 e. The van der Waals surface area contributed by atoms with E-state index >= 15 is 0 Å². The monoisotopic (exact) mass is 234 g/mol. The standard InChI is InChI=1S/C13H18N2O2/c1-2-14-9-13(16)15-8-10-3-4-12-11(7-10)5-6-17-12/h3-4,7,14H,2,5-6,8-9H2,1H3,(H,15,16). The van der Waals surface area contributed by atoms with Crippen LogP contribution < -0.4 is 15.4 Å². The lowest BCUT2D eigenvalue weighted by atomic mass is 10.1. The maximum Gasteiger partial charge on any atom is 0.234 e. The fourth-order valence-corrected chi connectivity index (χ4v) is 1.85. The average Bonchev–Trinajstić information content (AvgIpc) is 2.81. The second-order valence-corrected chi connectivity index (χ2v) is 4.10. The van der Waals surface area contributed by atoms with E-state index in [0.717, 1.165) is 30.9 Å². The molecule has 0 aliphatic carbocycles. The molecule has 0 atom stereocenters. The summed E-state index contributed by atoms with van der Waals surface area (Å²) in [5.41, 5.74) is 2.36. The molecule has 0 saturated heterocycles. The number of carbonyl (C=O) groups excluding carboxylic acids is 1. The quantitative estimate of drug-likeness (QED) is 0.794. The Balaban J connectivity index is 1.85. The van der Waals surface area contributed by atoms with Crippen LogP contribution in [0.25, 0.3) is 0 Å². The Kier molecular flexibility index (Phi) is 3.98. The van der Waals surface area contributed by atoms with Crippen LogP contribution in [0, 0.1) is 0 Å². The van der Waals surface area contributed by atoms with Gasteiger partial charge in [-0.1, -0.05) is 19.1 Å². The zero-order chi connectivity index (χ0) is 12.1. The molecule has 0 aromatic heterocycles. The number of benzene rings is 1. The lowest BCUT2D eigenvalue weighted by Gasteiger charge is -2.07. The Morgan fingerprint density at radius 2 is 2.35 bits per heavy atom. The van der Waals surface area contributed by atoms with Crippen LogP contribution in [-0.2, 0) is 17.8 Å². The highest BCUT2D eigenvalue weighted by molar-refractivity contribution is 5.77. The normalized spacial score (nSPS) is 13.0. The Labute approximate surface area is 101 Å². The van der Waals surface area contributed by atoms with Crippen molar-refractivity contribution in [1.82, 2.24) is 10.6 Å². The van der Waals surface area contributed by atoms with Gasteiger partial charge in [-0.2, -0.15) is 0 Å². The smallest absolute Gasteiger partial charge is 0.234 e. The Hall–Kier alpha value is -1.55. The number of likely N-dealkylation sites (N-methyl/N-ethyl adjacent to an activating group) is 1. The largest absolute Gasteiger partial charge is 0.493 e. The van der Waals surface area contributed by atoms with Gasteiger partial charge in [-0.25, -0.2) is 0 Å². The van der Waals surface area contributed by atoms with Gasteiger partial charge in [0, 0.05) is 13.0 Å². The zero-order valence-corrected chi connectivity index (χ0v) is 10.1. The number of fused-ring (bicyclic) bond motifs is 1. The van der Waals surface area contributed by atoms with Crippen molar-refractivity contribution in [2.45, 2.75) is 19.9 Å². The third-order valence-corrected chi connectivity index (χ3v) is 2.78. The van der Waals surface area contributed by atoms with Gasteiger partial charge < -0.3 is 15.4 Å². The van der Waals surface area contributed by atoms with E-state index in [1.54, 1.807) is 0 Å². The molecule has 92 valence electrons. The summed E-state index contributed by atoms with van der Waals surface area (Å²) >= 11 is 0. The van der Waals surface area contributed by atoms with E-state index in [0.29, 0.717) is 13.1 Å². The molecular formula is C13H18N2O2. The first-order chi connectivity index (χ1) is 8.29. The van der Waals surface area contributed by atoms with Gasteiger partial charge in [0.25, 0.3) is 0 Å². The first-order valence-corrected chi connectivity index (χ1v) is 6.01. The number of hydrogen-bond acceptors (Lipinski definition) is 3. The average molecular weight is 234 g/mol. The van der Waals surface area contributed by atoms with Gasteiger partial charge >= 0.3 is 0 Å². The predicted octanol–water partition coefficient (Wildman–Crippen LogP) is 0.847. The second kappa shape index (κ2) is 5.68. The van der Waals surface area contributed by atoms with Crippen LogP contribution in [0.3, 0.4) is 0 Å². The number of nitrogens with one attached hydrogen (secondary N) is 2. The summed E-state index contributed by atoms with van der Waals surface area (Å²) in [5.74, 6) is 1.01. The van der Waals surface area contributed by atoms with Gasteiger partial charge in [-0.3, -0.25) is 4.79 Å². The molecule has 1 aliphatic heterocycles. The lowest BCUT2D eigenvalue weighted by Crippen LogP contribution is -2.33. The van der Waals surface area contributed by atoms with E-state index in [1.165, 1.54) is 5.56 Å². The molecule has 1 aromatic carbocycles. The fraction of sp³-hybridized carbons (Fsp3) is 0.462. The highest BCUT2D eigenvalue weighted by Gasteiger charge is 2.11. The summed E-state index contributed by atoms with van der Waals surface area (Å²) in [7, 11) is 0. The summed E-state index contributed by atoms with van der Waals surface area (Å²) < 4.78 is 5.43. The molecule has 0 saturated carbocycles. The van der Waals surface area contributed by atoms with Crippen molar-refractivity contribution in [2.75, 3.05) is 19.7 Å². The lowest BCUT2D eigenvalue weighted by molar-refractivity contribution is -0.120. The van der Waals surface area contributed by atoms with E-state index in [9.17, 15) is 4.79 Å². The van der Waals surface area contributed by atoms with Crippen LogP contribution in [-0.4, -0.2) is 25.6 Å². The van der Waals surface area contributed by atoms with Crippen molar-refractivity contribution in [1.29, 1.82) is 0 Å². The molecule has 1 aromatic rings. The van der Waals surface area contributed by atoms with Gasteiger partial charge in [0.15, 0.2) is 0 Å². The highest BCUT2D eigenvalue weighted by atomic mass is 16.5. The molecule has 4 nitrogen and oxygen atoms in total. The van der Waals surface area contributed by atoms with E-state index in [2.05, 4.69) is 16.7 Å². The summed E-state index contributed by atoms with van der Waals surface area (Å²) in [6.45, 7) is 4.52. The first-order valence-electron chi connectivity index (χ1n) is 6.01. The maximum atomic E-state index is 11.4. The van der Waals surface area contributed by atoms with E-state index in [4.69, 9.17) is 4.74 Å². The van der Waals surface area contributed by atoms with Crippen LogP contribution in [0.2, 0.25) is 0 Å². The van der Waals surface area contributed by atoms with Crippen molar-refractivity contribution in [2.24, 2.45) is 0 Å². The third kappa shape index (κ3) is 3.20. The van der Waals surface area contributed by atoms with Gasteiger partial charge in [0.1, 0.15) is 5.75 Å². The van der Waals surface area contributed by atoms with Gasteiger partial charge in [0.05, 0.1) is 13.2 Å². The number of rotatable bonds is 5. The molecule has 1 amide bonds. The van der Waals surface area contributed by atoms with Crippen LogP contribution in [0.4, 0.5) is 0 Å². The van der Waals surface area contributed by atoms with Crippen LogP contribution >= 0.6 is 0 Å². The van der Waals surface area contributed by atoms with Gasteiger partial charge in [-0.15, -0.1) is 0 Å². The SMILES string of the molecule is CCNCC(=O)NCc1ccc2c(c1)CCO2. The Morgan fingerprint density at radius 3 is 3.18 bits per heavy atom. The van der Waals surface area contributed by atoms with Crippen molar-refractivity contribution in [3.63, 3.8) is 0 Å². The molecule has 0 spiro atoms. The molecule has 1 aliphatic rings. The van der Waals surface area contributed by atoms with Crippen molar-refractivity contribution in [3.8, 4) is 5.75 Å². The molecule has 2 N–H and O–H groups in total. The van der Waals surface area contributed by atoms with Crippen LogP contribution in [0.1, 0.15) is 18.1 Å². The van der Waals surface area contributed by atoms with E-state index < -0.39 is 0 Å². The molecule has 17 heavy (non-hydrogen) atoms. The molecule has 0 radical (unpaired) electrons. The molecular weight excluding hydrogens is 216 g/mol. The summed E-state index contributed by atoms with van der Waals surface area (Å²) in [5, 5.41) is 5.88. The molecule has 1 heterocycles. The number of carbonyl (C=O) groups is 1. The molecule has 0 bridgehead atoms. The fourth-order valence-electron chi connectivity index (χ4n) is 1.85. The minimum absolute atomic E-state index is 0.0311. The minimum atomic E-state index is 0.0311. The van der Waals surface area contributed by atoms with Crippen molar-refractivity contribution >= 4 is 5.91 Å². The van der Waals surface area contributed by atoms with E-state index in [-0.39, 0.29) is 5.91 Å². The van der Waals surface area contributed by atoms with E-state index in [1.807, 2.05) is 19.1 Å². The third-order valence-electron chi connectivity index (χ3n) is 2.78. The van der Waals surface area contributed by atoms with Crippen molar-refractivity contribution in [3.05, 3.63) is 29.3 Å². The molecule has 2 rings (SSSR count). The van der Waals surface area contributed by atoms with Crippen LogP contribution in [0.15, 0.2) is 18.2 Å². The Morgan fingerprint density at radius 1 is 1.47 bits per heavy atom. The predicted molar refractivity (Wildman–Crippen MR) is 66.0 cm³/mol. The zero-order valence-electron chi connectivity index (χ0n) is 10.1. The number of hydrogen-bond donors (Lipinski definition) is 2. The van der Waals surface area contributed by atoms with Gasteiger partial charge in [0.2, 0.25) is 5.91 Å².